The minimum atomic E-state index is -0.407. The molecule has 0 radical (unpaired) electrons. The molecule has 1 nitrogen and oxygen atoms in total. The van der Waals surface area contributed by atoms with Gasteiger partial charge in [-0.25, -0.2) is 4.39 Å². The van der Waals surface area contributed by atoms with Crippen molar-refractivity contribution in [1.29, 1.82) is 0 Å². The first-order valence-electron chi connectivity index (χ1n) is 4.95. The molecule has 0 aliphatic rings. The Morgan fingerprint density at radius 1 is 1.39 bits per heavy atom. The molecule has 0 fully saturated rings. The van der Waals surface area contributed by atoms with E-state index in [9.17, 15) is 4.39 Å². The van der Waals surface area contributed by atoms with Gasteiger partial charge in [-0.1, -0.05) is 17.7 Å². The van der Waals surface area contributed by atoms with Crippen molar-refractivity contribution < 1.29 is 9.13 Å². The minimum Gasteiger partial charge on any atom is -0.494 e. The zero-order valence-corrected chi connectivity index (χ0v) is 13.1. The van der Waals surface area contributed by atoms with E-state index in [1.807, 2.05) is 0 Å². The summed E-state index contributed by atoms with van der Waals surface area (Å²) in [6.45, 7) is 0. The number of hydrogen-bond donors (Lipinski definition) is 0. The van der Waals surface area contributed by atoms with Crippen molar-refractivity contribution in [3.63, 3.8) is 0 Å². The second-order valence-electron chi connectivity index (χ2n) is 3.53. The predicted octanol–water partition coefficient (Wildman–Crippen LogP) is 5.64. The van der Waals surface area contributed by atoms with E-state index in [0.29, 0.717) is 5.02 Å². The molecule has 1 aromatic carbocycles. The lowest BCUT2D eigenvalue weighted by Gasteiger charge is -2.10. The minimum absolute atomic E-state index is 0.180. The molecule has 1 heterocycles. The topological polar surface area (TPSA) is 9.23 Å². The molecule has 0 N–H and O–H groups in total. The van der Waals surface area contributed by atoms with E-state index in [1.54, 1.807) is 18.2 Å². The largest absolute Gasteiger partial charge is 0.494 e. The SMILES string of the molecule is COc1cc(C(Cl)c2cc(Cl)c(Br)s2)ccc1F. The summed E-state index contributed by atoms with van der Waals surface area (Å²) in [4.78, 5) is 0.891. The van der Waals surface area contributed by atoms with E-state index in [2.05, 4.69) is 15.9 Å². The highest BCUT2D eigenvalue weighted by molar-refractivity contribution is 9.11. The first kappa shape index (κ1) is 14.1. The van der Waals surface area contributed by atoms with Crippen LogP contribution in [0, 0.1) is 5.82 Å². The molecule has 2 aromatic rings. The summed E-state index contributed by atoms with van der Waals surface area (Å²) in [5.41, 5.74) is 0.764. The number of hydrogen-bond acceptors (Lipinski definition) is 2. The van der Waals surface area contributed by atoms with E-state index in [4.69, 9.17) is 27.9 Å². The van der Waals surface area contributed by atoms with Gasteiger partial charge in [0.2, 0.25) is 0 Å². The monoisotopic (exact) mass is 368 g/mol. The number of ether oxygens (including phenoxy) is 1. The van der Waals surface area contributed by atoms with Crippen LogP contribution in [0.25, 0.3) is 0 Å². The van der Waals surface area contributed by atoms with Crippen LogP contribution in [-0.2, 0) is 0 Å². The number of methoxy groups -OCH3 is 1. The van der Waals surface area contributed by atoms with Crippen LogP contribution in [-0.4, -0.2) is 7.11 Å². The molecule has 0 saturated heterocycles. The third-order valence-corrected chi connectivity index (χ3v) is 5.54. The van der Waals surface area contributed by atoms with Gasteiger partial charge in [0.1, 0.15) is 0 Å². The number of alkyl halides is 1. The maximum absolute atomic E-state index is 13.3. The molecule has 1 unspecified atom stereocenters. The average Bonchev–Trinajstić information content (AvgIpc) is 2.69. The van der Waals surface area contributed by atoms with E-state index in [0.717, 1.165) is 14.2 Å². The smallest absolute Gasteiger partial charge is 0.165 e. The van der Waals surface area contributed by atoms with Gasteiger partial charge in [0.05, 0.1) is 21.3 Å². The van der Waals surface area contributed by atoms with Crippen molar-refractivity contribution in [2.24, 2.45) is 0 Å². The Labute approximate surface area is 127 Å². The number of halogens is 4. The molecule has 0 aliphatic carbocycles. The third kappa shape index (κ3) is 2.82. The lowest BCUT2D eigenvalue weighted by atomic mass is 10.1. The molecule has 2 rings (SSSR count). The predicted molar refractivity (Wildman–Crippen MR) is 77.7 cm³/mol. The molecule has 0 aliphatic heterocycles. The van der Waals surface area contributed by atoms with Crippen LogP contribution >= 0.6 is 50.5 Å². The summed E-state index contributed by atoms with van der Waals surface area (Å²) >= 11 is 17.1. The fraction of sp³-hybridized carbons (Fsp3) is 0.167. The lowest BCUT2D eigenvalue weighted by molar-refractivity contribution is 0.386. The standard InChI is InChI=1S/C12H8BrCl2FOS/c1-17-9-4-6(2-3-8(9)16)11(15)10-5-7(14)12(13)18-10/h2-5,11H,1H3. The Hall–Kier alpha value is -0.290. The Kier molecular flexibility index (Phi) is 4.54. The molecule has 6 heteroatoms. The molecular weight excluding hydrogens is 362 g/mol. The number of benzene rings is 1. The second-order valence-corrected chi connectivity index (χ2v) is 6.77. The molecule has 96 valence electrons. The summed E-state index contributed by atoms with van der Waals surface area (Å²) in [5.74, 6) is -0.227. The van der Waals surface area contributed by atoms with Gasteiger partial charge >= 0.3 is 0 Å². The fourth-order valence-corrected chi connectivity index (χ4v) is 3.57. The van der Waals surface area contributed by atoms with Crippen molar-refractivity contribution in [2.45, 2.75) is 5.38 Å². The van der Waals surface area contributed by atoms with Crippen molar-refractivity contribution >= 4 is 50.5 Å². The van der Waals surface area contributed by atoms with Gasteiger partial charge < -0.3 is 4.74 Å². The Morgan fingerprint density at radius 3 is 2.67 bits per heavy atom. The quantitative estimate of drug-likeness (QED) is 0.636. The van der Waals surface area contributed by atoms with Gasteiger partial charge in [0.25, 0.3) is 0 Å². The van der Waals surface area contributed by atoms with Crippen molar-refractivity contribution in [3.05, 3.63) is 49.3 Å². The van der Waals surface area contributed by atoms with Crippen LogP contribution in [0.2, 0.25) is 5.02 Å². The highest BCUT2D eigenvalue weighted by Gasteiger charge is 2.17. The molecule has 18 heavy (non-hydrogen) atoms. The van der Waals surface area contributed by atoms with Gasteiger partial charge in [-0.05, 0) is 39.7 Å². The molecule has 0 saturated carbocycles. The van der Waals surface area contributed by atoms with Gasteiger partial charge in [-0.2, -0.15) is 0 Å². The summed E-state index contributed by atoms with van der Waals surface area (Å²) in [6, 6.07) is 6.36. The van der Waals surface area contributed by atoms with Crippen LogP contribution in [0.1, 0.15) is 15.8 Å². The zero-order valence-electron chi connectivity index (χ0n) is 9.22. The Morgan fingerprint density at radius 2 is 2.11 bits per heavy atom. The highest BCUT2D eigenvalue weighted by Crippen LogP contribution is 2.41. The maximum Gasteiger partial charge on any atom is 0.165 e. The number of rotatable bonds is 3. The van der Waals surface area contributed by atoms with Crippen LogP contribution in [0.5, 0.6) is 5.75 Å². The molecule has 0 amide bonds. The van der Waals surface area contributed by atoms with Gasteiger partial charge in [0.15, 0.2) is 11.6 Å². The molecule has 0 bridgehead atoms. The van der Waals surface area contributed by atoms with Crippen molar-refractivity contribution in [2.75, 3.05) is 7.11 Å². The third-order valence-electron chi connectivity index (χ3n) is 2.38. The van der Waals surface area contributed by atoms with E-state index < -0.39 is 5.82 Å². The van der Waals surface area contributed by atoms with Crippen molar-refractivity contribution in [1.82, 2.24) is 0 Å². The maximum atomic E-state index is 13.3. The van der Waals surface area contributed by atoms with Gasteiger partial charge in [0, 0.05) is 4.88 Å². The first-order chi connectivity index (χ1) is 8.52. The zero-order chi connectivity index (χ0) is 13.3. The van der Waals surface area contributed by atoms with E-state index >= 15 is 0 Å². The lowest BCUT2D eigenvalue weighted by Crippen LogP contribution is -1.94. The fourth-order valence-electron chi connectivity index (χ4n) is 1.49. The summed E-state index contributed by atoms with van der Waals surface area (Å²) in [5, 5.41) is 0.239. The summed E-state index contributed by atoms with van der Waals surface area (Å²) < 4.78 is 19.1. The summed E-state index contributed by atoms with van der Waals surface area (Å²) in [7, 11) is 1.42. The molecule has 1 aromatic heterocycles. The first-order valence-corrected chi connectivity index (χ1v) is 7.37. The average molecular weight is 370 g/mol. The Balaban J connectivity index is 2.36. The van der Waals surface area contributed by atoms with E-state index in [1.165, 1.54) is 24.5 Å². The van der Waals surface area contributed by atoms with Crippen LogP contribution in [0.3, 0.4) is 0 Å². The normalized spacial score (nSPS) is 12.5. The number of thiophene rings is 1. The van der Waals surface area contributed by atoms with Crippen molar-refractivity contribution in [3.8, 4) is 5.75 Å². The Bertz CT molecular complexity index is 554. The van der Waals surface area contributed by atoms with Crippen LogP contribution < -0.4 is 4.74 Å². The molecular formula is C12H8BrCl2FOS. The van der Waals surface area contributed by atoms with Gasteiger partial charge in [-0.3, -0.25) is 0 Å². The molecule has 0 spiro atoms. The summed E-state index contributed by atoms with van der Waals surface area (Å²) in [6.07, 6.45) is 0. The van der Waals surface area contributed by atoms with Crippen LogP contribution in [0.15, 0.2) is 28.1 Å². The van der Waals surface area contributed by atoms with Crippen LogP contribution in [0.4, 0.5) is 4.39 Å². The van der Waals surface area contributed by atoms with Gasteiger partial charge in [-0.15, -0.1) is 22.9 Å². The van der Waals surface area contributed by atoms with E-state index in [-0.39, 0.29) is 11.1 Å². The molecule has 1 atom stereocenters. The second kappa shape index (κ2) is 5.78. The highest BCUT2D eigenvalue weighted by atomic mass is 79.9.